The van der Waals surface area contributed by atoms with Gasteiger partial charge in [0.25, 0.3) is 5.91 Å². The van der Waals surface area contributed by atoms with E-state index in [2.05, 4.69) is 20.5 Å². The summed E-state index contributed by atoms with van der Waals surface area (Å²) in [5.74, 6) is -0.206. The van der Waals surface area contributed by atoms with E-state index < -0.39 is 5.91 Å². The van der Waals surface area contributed by atoms with Gasteiger partial charge in [0.15, 0.2) is 0 Å². The Hall–Kier alpha value is -2.57. The summed E-state index contributed by atoms with van der Waals surface area (Å²) in [6, 6.07) is 6.11. The number of phenolic OH excluding ortho intramolecular Hbond substituents is 1. The third-order valence-electron chi connectivity index (χ3n) is 1.99. The predicted octanol–water partition coefficient (Wildman–Crippen LogP) is 0.771. The summed E-state index contributed by atoms with van der Waals surface area (Å²) in [5, 5.41) is 17.9. The standard InChI is InChI=1S/C10H10N4O3/c1-17-10-12-9(13-14-10)11-8(16)6-3-2-4-7(15)5-6/h2-5,15H,1H3,(H2,11,12,13,14,16). The van der Waals surface area contributed by atoms with Crippen molar-refractivity contribution >= 4 is 11.9 Å². The number of aromatic amines is 1. The summed E-state index contributed by atoms with van der Waals surface area (Å²) in [4.78, 5) is 15.5. The number of carbonyl (C=O) groups excluding carboxylic acids is 1. The number of anilines is 1. The summed E-state index contributed by atoms with van der Waals surface area (Å²) < 4.78 is 4.76. The van der Waals surface area contributed by atoms with Gasteiger partial charge in [-0.1, -0.05) is 6.07 Å². The molecule has 0 saturated heterocycles. The third kappa shape index (κ3) is 2.51. The Labute approximate surface area is 96.5 Å². The minimum Gasteiger partial charge on any atom is -0.508 e. The summed E-state index contributed by atoms with van der Waals surface area (Å²) >= 11 is 0. The first-order valence-corrected chi connectivity index (χ1v) is 4.76. The van der Waals surface area contributed by atoms with Crippen LogP contribution in [0.3, 0.4) is 0 Å². The normalized spacial score (nSPS) is 9.94. The number of benzene rings is 1. The molecule has 0 aliphatic carbocycles. The topological polar surface area (TPSA) is 100 Å². The van der Waals surface area contributed by atoms with Crippen LogP contribution < -0.4 is 10.1 Å². The average molecular weight is 234 g/mol. The number of ether oxygens (including phenoxy) is 1. The highest BCUT2D eigenvalue weighted by atomic mass is 16.5. The van der Waals surface area contributed by atoms with Crippen LogP contribution in [0.25, 0.3) is 0 Å². The minimum atomic E-state index is -0.403. The van der Waals surface area contributed by atoms with Gasteiger partial charge in [0.1, 0.15) is 5.75 Å². The first kappa shape index (κ1) is 10.9. The number of aromatic nitrogens is 3. The van der Waals surface area contributed by atoms with E-state index in [1.807, 2.05) is 0 Å². The molecule has 88 valence electrons. The van der Waals surface area contributed by atoms with E-state index in [1.54, 1.807) is 12.1 Å². The Bertz CT molecular complexity index is 538. The van der Waals surface area contributed by atoms with Gasteiger partial charge < -0.3 is 9.84 Å². The molecule has 1 heterocycles. The van der Waals surface area contributed by atoms with Crippen molar-refractivity contribution in [3.8, 4) is 11.8 Å². The van der Waals surface area contributed by atoms with Gasteiger partial charge in [-0.2, -0.15) is 4.98 Å². The number of nitrogens with one attached hydrogen (secondary N) is 2. The van der Waals surface area contributed by atoms with Gasteiger partial charge in [0.2, 0.25) is 5.95 Å². The fraction of sp³-hybridized carbons (Fsp3) is 0.100. The van der Waals surface area contributed by atoms with Crippen molar-refractivity contribution < 1.29 is 14.6 Å². The molecule has 1 amide bonds. The molecule has 0 bridgehead atoms. The number of aromatic hydroxyl groups is 1. The summed E-state index contributed by atoms with van der Waals surface area (Å²) in [7, 11) is 1.42. The quantitative estimate of drug-likeness (QED) is 0.728. The van der Waals surface area contributed by atoms with Crippen LogP contribution in [-0.2, 0) is 0 Å². The van der Waals surface area contributed by atoms with E-state index in [0.717, 1.165) is 0 Å². The number of hydrogen-bond acceptors (Lipinski definition) is 5. The maximum Gasteiger partial charge on any atom is 0.336 e. The van der Waals surface area contributed by atoms with Gasteiger partial charge in [-0.25, -0.2) is 5.10 Å². The van der Waals surface area contributed by atoms with Crippen LogP contribution in [0.5, 0.6) is 11.8 Å². The molecule has 2 aromatic rings. The zero-order valence-corrected chi connectivity index (χ0v) is 8.97. The largest absolute Gasteiger partial charge is 0.508 e. The van der Waals surface area contributed by atoms with E-state index in [0.29, 0.717) is 5.56 Å². The molecule has 0 spiro atoms. The lowest BCUT2D eigenvalue weighted by atomic mass is 10.2. The van der Waals surface area contributed by atoms with Crippen LogP contribution in [0.4, 0.5) is 5.95 Å². The number of methoxy groups -OCH3 is 1. The Morgan fingerprint density at radius 2 is 2.35 bits per heavy atom. The second-order valence-corrected chi connectivity index (χ2v) is 3.18. The number of H-pyrrole nitrogens is 1. The van der Waals surface area contributed by atoms with Crippen LogP contribution in [0.15, 0.2) is 24.3 Å². The predicted molar refractivity (Wildman–Crippen MR) is 59.0 cm³/mol. The zero-order valence-electron chi connectivity index (χ0n) is 8.97. The number of amides is 1. The Morgan fingerprint density at radius 1 is 1.53 bits per heavy atom. The number of nitrogens with zero attached hydrogens (tertiary/aromatic N) is 2. The first-order chi connectivity index (χ1) is 8.19. The maximum absolute atomic E-state index is 11.7. The van der Waals surface area contributed by atoms with Crippen molar-refractivity contribution in [1.29, 1.82) is 0 Å². The minimum absolute atomic E-state index is 0.0211. The van der Waals surface area contributed by atoms with Gasteiger partial charge in [-0.05, 0) is 18.2 Å². The van der Waals surface area contributed by atoms with Gasteiger partial charge in [0, 0.05) is 5.56 Å². The van der Waals surface area contributed by atoms with Crippen molar-refractivity contribution in [2.24, 2.45) is 0 Å². The number of phenols is 1. The fourth-order valence-electron chi connectivity index (χ4n) is 1.22. The van der Waals surface area contributed by atoms with E-state index in [9.17, 15) is 9.90 Å². The van der Waals surface area contributed by atoms with E-state index in [-0.39, 0.29) is 17.7 Å². The lowest BCUT2D eigenvalue weighted by Gasteiger charge is -2.01. The van der Waals surface area contributed by atoms with Crippen molar-refractivity contribution in [1.82, 2.24) is 15.2 Å². The Balaban J connectivity index is 2.11. The van der Waals surface area contributed by atoms with Crippen molar-refractivity contribution in [3.63, 3.8) is 0 Å². The smallest absolute Gasteiger partial charge is 0.336 e. The molecule has 1 aromatic carbocycles. The number of hydrogen-bond donors (Lipinski definition) is 3. The van der Waals surface area contributed by atoms with Gasteiger partial charge in [0.05, 0.1) is 7.11 Å². The fourth-order valence-corrected chi connectivity index (χ4v) is 1.22. The van der Waals surface area contributed by atoms with Gasteiger partial charge >= 0.3 is 6.01 Å². The van der Waals surface area contributed by atoms with Crippen LogP contribution in [0.2, 0.25) is 0 Å². The second kappa shape index (κ2) is 4.52. The lowest BCUT2D eigenvalue weighted by Crippen LogP contribution is -2.12. The number of carbonyl (C=O) groups is 1. The van der Waals surface area contributed by atoms with E-state index >= 15 is 0 Å². The summed E-state index contributed by atoms with van der Waals surface area (Å²) in [5.41, 5.74) is 0.320. The van der Waals surface area contributed by atoms with Gasteiger partial charge in [-0.15, -0.1) is 5.10 Å². The molecule has 0 aliphatic rings. The molecule has 0 atom stereocenters. The van der Waals surface area contributed by atoms with Crippen molar-refractivity contribution in [3.05, 3.63) is 29.8 Å². The number of rotatable bonds is 3. The molecule has 3 N–H and O–H groups in total. The Morgan fingerprint density at radius 3 is 3.00 bits per heavy atom. The molecule has 0 saturated carbocycles. The molecule has 1 aromatic heterocycles. The molecule has 0 radical (unpaired) electrons. The molecule has 7 nitrogen and oxygen atoms in total. The highest BCUT2D eigenvalue weighted by Gasteiger charge is 2.09. The molecular weight excluding hydrogens is 224 g/mol. The highest BCUT2D eigenvalue weighted by Crippen LogP contribution is 2.12. The van der Waals surface area contributed by atoms with Crippen molar-refractivity contribution in [2.75, 3.05) is 12.4 Å². The monoisotopic (exact) mass is 234 g/mol. The highest BCUT2D eigenvalue weighted by molar-refractivity contribution is 6.03. The molecule has 17 heavy (non-hydrogen) atoms. The first-order valence-electron chi connectivity index (χ1n) is 4.76. The molecule has 7 heteroatoms. The SMILES string of the molecule is COc1n[nH]c(NC(=O)c2cccc(O)c2)n1. The maximum atomic E-state index is 11.7. The van der Waals surface area contributed by atoms with Crippen LogP contribution in [0, 0.1) is 0 Å². The molecular formula is C10H10N4O3. The van der Waals surface area contributed by atoms with Crippen LogP contribution in [-0.4, -0.2) is 33.3 Å². The van der Waals surface area contributed by atoms with Crippen molar-refractivity contribution in [2.45, 2.75) is 0 Å². The average Bonchev–Trinajstić information content (AvgIpc) is 2.77. The van der Waals surface area contributed by atoms with Gasteiger partial charge in [-0.3, -0.25) is 10.1 Å². The summed E-state index contributed by atoms with van der Waals surface area (Å²) in [6.45, 7) is 0. The zero-order chi connectivity index (χ0) is 12.3. The second-order valence-electron chi connectivity index (χ2n) is 3.18. The van der Waals surface area contributed by atoms with E-state index in [1.165, 1.54) is 19.2 Å². The summed E-state index contributed by atoms with van der Waals surface area (Å²) in [6.07, 6.45) is 0. The van der Waals surface area contributed by atoms with Crippen LogP contribution in [0.1, 0.15) is 10.4 Å². The molecule has 0 fully saturated rings. The Kier molecular flexibility index (Phi) is 2.91. The van der Waals surface area contributed by atoms with E-state index in [4.69, 9.17) is 4.74 Å². The molecule has 0 unspecified atom stereocenters. The lowest BCUT2D eigenvalue weighted by molar-refractivity contribution is 0.102. The van der Waals surface area contributed by atoms with Crippen LogP contribution >= 0.6 is 0 Å². The third-order valence-corrected chi connectivity index (χ3v) is 1.99. The molecule has 0 aliphatic heterocycles. The molecule has 2 rings (SSSR count).